The molecule has 0 spiro atoms. The Bertz CT molecular complexity index is 295. The van der Waals surface area contributed by atoms with Crippen molar-refractivity contribution >= 4 is 11.8 Å². The van der Waals surface area contributed by atoms with Gasteiger partial charge in [-0.2, -0.15) is 11.8 Å². The zero-order valence-electron chi connectivity index (χ0n) is 9.16. The molecule has 1 aromatic rings. The predicted molar refractivity (Wildman–Crippen MR) is 64.1 cm³/mol. The molecular weight excluding hydrogens is 208 g/mol. The highest BCUT2D eigenvalue weighted by Gasteiger charge is 2.12. The lowest BCUT2D eigenvalue weighted by molar-refractivity contribution is 0.264. The topological polar surface area (TPSA) is 28.4 Å². The first kappa shape index (κ1) is 11.0. The zero-order valence-corrected chi connectivity index (χ0v) is 9.98. The minimum atomic E-state index is 0.815. The van der Waals surface area contributed by atoms with E-state index in [1.807, 2.05) is 18.8 Å². The number of hydrogen-bond acceptors (Lipinski definition) is 4. The second-order valence-corrected chi connectivity index (χ2v) is 5.01. The second kappa shape index (κ2) is 5.58. The van der Waals surface area contributed by atoms with E-state index < -0.39 is 0 Å². The molecule has 0 radical (unpaired) electrons. The maximum atomic E-state index is 5.72. The smallest absolute Gasteiger partial charge is 0.118 e. The van der Waals surface area contributed by atoms with Crippen LogP contribution in [0.15, 0.2) is 16.5 Å². The molecule has 0 aliphatic carbocycles. The first-order chi connectivity index (χ1) is 7.38. The Balaban J connectivity index is 1.86. The molecule has 0 amide bonds. The molecule has 1 saturated heterocycles. The molecule has 1 N–H and O–H groups in total. The van der Waals surface area contributed by atoms with Crippen molar-refractivity contribution in [3.63, 3.8) is 0 Å². The first-order valence-corrected chi connectivity index (χ1v) is 6.56. The summed E-state index contributed by atoms with van der Waals surface area (Å²) in [6, 6.07) is 4.15. The average Bonchev–Trinajstić information content (AvgIpc) is 2.68. The number of thioether (sulfide) groups is 1. The van der Waals surface area contributed by atoms with Gasteiger partial charge < -0.3 is 9.73 Å². The minimum Gasteiger partial charge on any atom is -0.463 e. The van der Waals surface area contributed by atoms with Gasteiger partial charge in [-0.1, -0.05) is 0 Å². The van der Waals surface area contributed by atoms with Gasteiger partial charge in [0.1, 0.15) is 11.5 Å². The summed E-state index contributed by atoms with van der Waals surface area (Å²) in [7, 11) is 1.93. The van der Waals surface area contributed by atoms with Gasteiger partial charge in [0.05, 0.1) is 13.1 Å². The normalized spacial score (nSPS) is 18.2. The lowest BCUT2D eigenvalue weighted by atomic mass is 10.4. The quantitative estimate of drug-likeness (QED) is 0.843. The van der Waals surface area contributed by atoms with Gasteiger partial charge in [0.2, 0.25) is 0 Å². The molecule has 84 valence electrons. The van der Waals surface area contributed by atoms with E-state index in [4.69, 9.17) is 4.42 Å². The monoisotopic (exact) mass is 226 g/mol. The largest absolute Gasteiger partial charge is 0.463 e. The lowest BCUT2D eigenvalue weighted by Gasteiger charge is -2.24. The fourth-order valence-electron chi connectivity index (χ4n) is 1.76. The van der Waals surface area contributed by atoms with E-state index in [1.54, 1.807) is 0 Å². The average molecular weight is 226 g/mol. The van der Waals surface area contributed by atoms with Crippen LogP contribution in [0.2, 0.25) is 0 Å². The Morgan fingerprint density at radius 3 is 2.80 bits per heavy atom. The van der Waals surface area contributed by atoms with Crippen LogP contribution in [0, 0.1) is 0 Å². The van der Waals surface area contributed by atoms with Crippen LogP contribution in [0.4, 0.5) is 0 Å². The van der Waals surface area contributed by atoms with Crippen LogP contribution < -0.4 is 5.32 Å². The Hall–Kier alpha value is -0.450. The molecule has 15 heavy (non-hydrogen) atoms. The summed E-state index contributed by atoms with van der Waals surface area (Å²) in [5.41, 5.74) is 0. The number of nitrogens with one attached hydrogen (secondary N) is 1. The molecular formula is C11H18N2OS. The summed E-state index contributed by atoms with van der Waals surface area (Å²) in [6.07, 6.45) is 0. The molecule has 1 aromatic heterocycles. The molecule has 4 heteroatoms. The molecule has 1 fully saturated rings. The Kier molecular flexibility index (Phi) is 4.11. The van der Waals surface area contributed by atoms with Crippen molar-refractivity contribution in [2.45, 2.75) is 13.1 Å². The molecule has 2 heterocycles. The standard InChI is InChI=1S/C11H18N2OS/c1-12-8-10-2-3-11(14-10)9-13-4-6-15-7-5-13/h2-3,12H,4-9H2,1H3. The van der Waals surface area contributed by atoms with Crippen molar-refractivity contribution in [2.75, 3.05) is 31.6 Å². The molecule has 3 nitrogen and oxygen atoms in total. The van der Waals surface area contributed by atoms with E-state index in [-0.39, 0.29) is 0 Å². The Labute approximate surface area is 95.2 Å². The molecule has 1 aliphatic heterocycles. The zero-order chi connectivity index (χ0) is 10.5. The van der Waals surface area contributed by atoms with Gasteiger partial charge >= 0.3 is 0 Å². The highest BCUT2D eigenvalue weighted by atomic mass is 32.2. The maximum Gasteiger partial charge on any atom is 0.118 e. The van der Waals surface area contributed by atoms with Crippen LogP contribution in [0.1, 0.15) is 11.5 Å². The van der Waals surface area contributed by atoms with E-state index in [0.29, 0.717) is 0 Å². The SMILES string of the molecule is CNCc1ccc(CN2CCSCC2)o1. The summed E-state index contributed by atoms with van der Waals surface area (Å²) in [5.74, 6) is 4.62. The van der Waals surface area contributed by atoms with Crippen molar-refractivity contribution < 1.29 is 4.42 Å². The van der Waals surface area contributed by atoms with Gasteiger partial charge in [0.25, 0.3) is 0 Å². The number of hydrogen-bond donors (Lipinski definition) is 1. The summed E-state index contributed by atoms with van der Waals surface area (Å²) in [6.45, 7) is 4.15. The van der Waals surface area contributed by atoms with Crippen molar-refractivity contribution in [3.05, 3.63) is 23.7 Å². The summed E-state index contributed by atoms with van der Waals surface area (Å²) in [4.78, 5) is 2.46. The van der Waals surface area contributed by atoms with Gasteiger partial charge in [0, 0.05) is 24.6 Å². The van der Waals surface area contributed by atoms with Gasteiger partial charge in [-0.05, 0) is 19.2 Å². The van der Waals surface area contributed by atoms with Crippen molar-refractivity contribution in [1.29, 1.82) is 0 Å². The Morgan fingerprint density at radius 2 is 2.07 bits per heavy atom. The fraction of sp³-hybridized carbons (Fsp3) is 0.636. The third-order valence-corrected chi connectivity index (χ3v) is 3.49. The lowest BCUT2D eigenvalue weighted by Crippen LogP contribution is -2.31. The molecule has 0 atom stereocenters. The molecule has 0 unspecified atom stereocenters. The third kappa shape index (κ3) is 3.26. The summed E-state index contributed by atoms with van der Waals surface area (Å²) >= 11 is 2.04. The van der Waals surface area contributed by atoms with E-state index in [2.05, 4.69) is 22.3 Å². The number of furan rings is 1. The van der Waals surface area contributed by atoms with Gasteiger partial charge in [-0.15, -0.1) is 0 Å². The van der Waals surface area contributed by atoms with Crippen molar-refractivity contribution in [3.8, 4) is 0 Å². The van der Waals surface area contributed by atoms with Crippen molar-refractivity contribution in [1.82, 2.24) is 10.2 Å². The van der Waals surface area contributed by atoms with Gasteiger partial charge in [-0.3, -0.25) is 4.90 Å². The van der Waals surface area contributed by atoms with Crippen LogP contribution in [-0.4, -0.2) is 36.5 Å². The van der Waals surface area contributed by atoms with Crippen LogP contribution in [0.3, 0.4) is 0 Å². The Morgan fingerprint density at radius 1 is 1.33 bits per heavy atom. The highest BCUT2D eigenvalue weighted by Crippen LogP contribution is 2.14. The van der Waals surface area contributed by atoms with E-state index in [1.165, 1.54) is 24.6 Å². The maximum absolute atomic E-state index is 5.72. The second-order valence-electron chi connectivity index (χ2n) is 3.79. The molecule has 2 rings (SSSR count). The molecule has 0 bridgehead atoms. The van der Waals surface area contributed by atoms with Crippen LogP contribution >= 0.6 is 11.8 Å². The third-order valence-electron chi connectivity index (χ3n) is 2.55. The molecule has 1 aliphatic rings. The van der Waals surface area contributed by atoms with Crippen molar-refractivity contribution in [2.24, 2.45) is 0 Å². The van der Waals surface area contributed by atoms with E-state index in [0.717, 1.165) is 24.6 Å². The fourth-order valence-corrected chi connectivity index (χ4v) is 2.73. The molecule has 0 aromatic carbocycles. The summed E-state index contributed by atoms with van der Waals surface area (Å²) in [5, 5.41) is 3.09. The molecule has 0 saturated carbocycles. The first-order valence-electron chi connectivity index (χ1n) is 5.41. The minimum absolute atomic E-state index is 0.815. The van der Waals surface area contributed by atoms with Gasteiger partial charge in [-0.25, -0.2) is 0 Å². The number of rotatable bonds is 4. The number of nitrogens with zero attached hydrogens (tertiary/aromatic N) is 1. The van der Waals surface area contributed by atoms with Gasteiger partial charge in [0.15, 0.2) is 0 Å². The predicted octanol–water partition coefficient (Wildman–Crippen LogP) is 1.55. The summed E-state index contributed by atoms with van der Waals surface area (Å²) < 4.78 is 5.72. The highest BCUT2D eigenvalue weighted by molar-refractivity contribution is 7.99. The van der Waals surface area contributed by atoms with Crippen LogP contribution in [0.25, 0.3) is 0 Å². The van der Waals surface area contributed by atoms with E-state index in [9.17, 15) is 0 Å². The van der Waals surface area contributed by atoms with Crippen LogP contribution in [-0.2, 0) is 13.1 Å². The van der Waals surface area contributed by atoms with E-state index >= 15 is 0 Å². The van der Waals surface area contributed by atoms with Crippen LogP contribution in [0.5, 0.6) is 0 Å².